The number of methoxy groups -OCH3 is 2. The van der Waals surface area contributed by atoms with Gasteiger partial charge in [-0.15, -0.1) is 10.2 Å². The molecule has 2 unspecified atom stereocenters. The van der Waals surface area contributed by atoms with E-state index in [2.05, 4.69) is 25.9 Å². The minimum atomic E-state index is -3.93. The van der Waals surface area contributed by atoms with E-state index in [1.54, 1.807) is 56.7 Å². The van der Waals surface area contributed by atoms with Crippen molar-refractivity contribution in [1.82, 2.24) is 43.9 Å². The Balaban J connectivity index is 0.000000287. The number of aromatic nitrogens is 6. The van der Waals surface area contributed by atoms with Crippen molar-refractivity contribution in [3.8, 4) is 23.0 Å². The van der Waals surface area contributed by atoms with E-state index in [-0.39, 0.29) is 82.3 Å². The van der Waals surface area contributed by atoms with E-state index in [4.69, 9.17) is 34.2 Å². The van der Waals surface area contributed by atoms with Gasteiger partial charge in [0.15, 0.2) is 0 Å². The molecular weight excluding hydrogens is 1350 g/mol. The van der Waals surface area contributed by atoms with E-state index in [1.165, 1.54) is 8.61 Å². The fraction of sp³-hybridized carbons (Fsp3) is 0.494. The van der Waals surface area contributed by atoms with Crippen LogP contribution in [0.15, 0.2) is 107 Å². The molecule has 8 aromatic rings. The molecule has 0 spiro atoms. The van der Waals surface area contributed by atoms with Crippen LogP contribution in [0.5, 0.6) is 23.0 Å². The van der Waals surface area contributed by atoms with E-state index in [0.29, 0.717) is 52.6 Å². The Bertz CT molecular complexity index is 4480. The second kappa shape index (κ2) is 36.1. The summed E-state index contributed by atoms with van der Waals surface area (Å²) in [5.41, 5.74) is 16.3. The summed E-state index contributed by atoms with van der Waals surface area (Å²) in [6.45, 7) is 17.0. The van der Waals surface area contributed by atoms with Crippen molar-refractivity contribution in [2.75, 3.05) is 47.0 Å². The highest BCUT2D eigenvalue weighted by atomic mass is 32.2. The van der Waals surface area contributed by atoms with Gasteiger partial charge in [-0.05, 0) is 205 Å². The van der Waals surface area contributed by atoms with Crippen LogP contribution in [0.4, 0.5) is 4.79 Å². The molecule has 0 saturated heterocycles. The number of amides is 1. The van der Waals surface area contributed by atoms with E-state index in [1.807, 2.05) is 133 Å². The molecule has 103 heavy (non-hydrogen) atoms. The van der Waals surface area contributed by atoms with Gasteiger partial charge >= 0.3 is 18.0 Å². The number of nitrogens with one attached hydrogen (secondary N) is 1. The highest BCUT2D eigenvalue weighted by Gasteiger charge is 2.37. The Morgan fingerprint density at radius 1 is 0.621 bits per heavy atom. The number of ether oxygens (including phenoxy) is 6. The summed E-state index contributed by atoms with van der Waals surface area (Å²) in [7, 11) is -1.11. The maximum absolute atomic E-state index is 14.3. The summed E-state index contributed by atoms with van der Waals surface area (Å²) in [4.78, 5) is 37.2. The number of carboxylic acid groups (broad SMARTS) is 1. The van der Waals surface area contributed by atoms with Gasteiger partial charge in [-0.1, -0.05) is 99.5 Å². The summed E-state index contributed by atoms with van der Waals surface area (Å²) < 4.78 is 97.2. The minimum absolute atomic E-state index is 0. The molecular formula is C77H106N10O14S2. The number of aliphatic carboxylic acids is 1. The zero-order chi connectivity index (χ0) is 72.9. The van der Waals surface area contributed by atoms with Crippen LogP contribution < -0.4 is 30.0 Å². The molecule has 2 aromatic heterocycles. The van der Waals surface area contributed by atoms with Gasteiger partial charge in [0, 0.05) is 45.6 Å². The van der Waals surface area contributed by atoms with E-state index in [0.717, 1.165) is 125 Å². The first-order valence-electron chi connectivity index (χ1n) is 34.7. The molecule has 1 amide bonds. The van der Waals surface area contributed by atoms with Crippen LogP contribution in [0.3, 0.4) is 0 Å². The third kappa shape index (κ3) is 20.6. The number of carbonyl (C=O) groups is 3. The summed E-state index contributed by atoms with van der Waals surface area (Å²) in [5.74, 6) is -0.393. The van der Waals surface area contributed by atoms with Crippen LogP contribution in [0.25, 0.3) is 22.1 Å². The average molecular weight is 1460 g/mol. The summed E-state index contributed by atoms with van der Waals surface area (Å²) >= 11 is 0. The highest BCUT2D eigenvalue weighted by molar-refractivity contribution is 7.89. The number of unbranched alkanes of at least 4 members (excludes halogenated alkanes) is 6. The van der Waals surface area contributed by atoms with Gasteiger partial charge in [0.25, 0.3) is 0 Å². The van der Waals surface area contributed by atoms with Gasteiger partial charge in [0.1, 0.15) is 72.7 Å². The number of hydrogen-bond donors (Lipinski definition) is 3. The zero-order valence-corrected chi connectivity index (χ0v) is 61.8. The first kappa shape index (κ1) is 81.6. The van der Waals surface area contributed by atoms with Crippen molar-refractivity contribution >= 4 is 60.1 Å². The van der Waals surface area contributed by atoms with E-state index < -0.39 is 55.6 Å². The van der Waals surface area contributed by atoms with Crippen molar-refractivity contribution < 1.29 is 64.7 Å². The average Bonchev–Trinajstić information content (AvgIpc) is 1.74. The molecule has 0 saturated carbocycles. The van der Waals surface area contributed by atoms with E-state index in [9.17, 15) is 36.3 Å². The maximum atomic E-state index is 14.3. The smallest absolute Gasteiger partial charge is 0.407 e. The van der Waals surface area contributed by atoms with Crippen LogP contribution in [0, 0.1) is 13.8 Å². The number of hydrogen-bond acceptors (Lipinski definition) is 18. The number of nitrogens with two attached hydrogens (primary N) is 1. The van der Waals surface area contributed by atoms with Crippen molar-refractivity contribution in [2.45, 2.75) is 200 Å². The number of carbonyl (C=O) groups excluding carboxylic acids is 2. The van der Waals surface area contributed by atoms with E-state index >= 15 is 0 Å². The van der Waals surface area contributed by atoms with Crippen LogP contribution >= 0.6 is 0 Å². The predicted molar refractivity (Wildman–Crippen MR) is 399 cm³/mol. The molecule has 4 heterocycles. The Morgan fingerprint density at radius 3 is 1.50 bits per heavy atom. The lowest BCUT2D eigenvalue weighted by atomic mass is 9.86. The summed E-state index contributed by atoms with van der Waals surface area (Å²) in [5, 5.41) is 29.5. The fourth-order valence-electron chi connectivity index (χ4n) is 13.0. The molecule has 0 fully saturated rings. The lowest BCUT2D eigenvalue weighted by Crippen LogP contribution is -2.35. The largest absolute Gasteiger partial charge is 0.494 e. The molecule has 4 atom stereocenters. The Hall–Kier alpha value is -8.69. The van der Waals surface area contributed by atoms with Gasteiger partial charge in [-0.3, -0.25) is 9.59 Å². The van der Waals surface area contributed by atoms with Crippen LogP contribution in [0.1, 0.15) is 188 Å². The Kier molecular flexibility index (Phi) is 28.6. The van der Waals surface area contributed by atoms with Crippen molar-refractivity contribution in [1.29, 1.82) is 0 Å². The van der Waals surface area contributed by atoms with Crippen molar-refractivity contribution in [3.05, 3.63) is 153 Å². The first-order valence-corrected chi connectivity index (χ1v) is 37.6. The lowest BCUT2D eigenvalue weighted by Gasteiger charge is -2.24. The molecule has 2 aliphatic heterocycles. The van der Waals surface area contributed by atoms with Gasteiger partial charge in [-0.25, -0.2) is 31.0 Å². The van der Waals surface area contributed by atoms with Crippen molar-refractivity contribution in [3.63, 3.8) is 0 Å². The number of esters is 1. The second-order valence-corrected chi connectivity index (χ2v) is 31.1. The molecule has 26 heteroatoms. The standard InChI is InChI=1S/C41H55N5O8S.C34H43N5O6S.2CH4/c1-9-52-38(47)24-33(31-22-34-39(36(23-31)51-8)45(7)44-43-34)30-17-15-27(2)32(21-30)26-46-25-28(3)53-35-20-29(16-18-37(35)55(46,49)50)14-12-10-11-13-19-42-40(48)54-41(4,5)6;1-22-10-12-25(28(19-33(40)41)26-17-29-34(31(18-26)44-4)38(3)37-36-29)16-27(22)21-39-20-23(2)45-30-15-24(9-7-5-6-8-14-35)11-13-32(30)46(39,42)43;;/h15-18,20-23,28,33H,9-14,19,24-26H2,1-8H3,(H,42,48);10-13,15-18,23,28H,5-9,14,19-21,35H2,1-4H3,(H,40,41);2*1H4/t28-,33?;23-,28?;;/m11../s1. The molecule has 0 radical (unpaired) electrons. The number of carboxylic acids is 1. The lowest BCUT2D eigenvalue weighted by molar-refractivity contribution is -0.143. The molecule has 24 nitrogen and oxygen atoms in total. The molecule has 560 valence electrons. The van der Waals surface area contributed by atoms with Gasteiger partial charge in [0.05, 0.1) is 46.8 Å². The number of aryl methyl sites for hydroxylation is 6. The topological polar surface area (TPSA) is 301 Å². The number of sulfonamides is 2. The fourth-order valence-corrected chi connectivity index (χ4v) is 16.2. The van der Waals surface area contributed by atoms with Crippen LogP contribution in [0.2, 0.25) is 0 Å². The van der Waals surface area contributed by atoms with Gasteiger partial charge < -0.3 is 44.6 Å². The van der Waals surface area contributed by atoms with Crippen LogP contribution in [-0.4, -0.2) is 143 Å². The monoisotopic (exact) mass is 1460 g/mol. The second-order valence-electron chi connectivity index (χ2n) is 27.3. The summed E-state index contributed by atoms with van der Waals surface area (Å²) in [6, 6.07) is 29.9. The van der Waals surface area contributed by atoms with Crippen molar-refractivity contribution in [2.24, 2.45) is 19.8 Å². The molecule has 2 aliphatic rings. The SMILES string of the molecule is C.C.CCOC(=O)CC(c1ccc(C)c(CN2C[C@@H](C)Oc3cc(CCCCCCNC(=O)OC(C)(C)C)ccc3S2(=O)=O)c1)c1cc(OC)c2c(c1)nnn2C.COc1cc(C(CC(=O)O)c2ccc(C)c(CN3C[C@@H](C)Oc4cc(CCCCCCN)ccc4S3(=O)=O)c2)cc2nnn(C)c12. The van der Waals surface area contributed by atoms with Gasteiger partial charge in [-0.2, -0.15) is 8.61 Å². The third-order valence-electron chi connectivity index (χ3n) is 18.2. The third-order valence-corrected chi connectivity index (χ3v) is 21.9. The number of nitrogens with zero attached hydrogens (tertiary/aromatic N) is 8. The summed E-state index contributed by atoms with van der Waals surface area (Å²) in [6.07, 6.45) is 8.22. The quantitative estimate of drug-likeness (QED) is 0.0303. The normalized spacial score (nSPS) is 16.1. The number of benzene rings is 6. The first-order chi connectivity index (χ1) is 48.1. The molecule has 0 bridgehead atoms. The molecule has 10 rings (SSSR count). The maximum Gasteiger partial charge on any atom is 0.407 e. The number of fused-ring (bicyclic) bond motifs is 4. The highest BCUT2D eigenvalue weighted by Crippen LogP contribution is 2.41. The Labute approximate surface area is 608 Å². The number of rotatable bonds is 28. The van der Waals surface area contributed by atoms with Crippen LogP contribution in [-0.2, 0) is 79.1 Å². The Morgan fingerprint density at radius 2 is 1.07 bits per heavy atom. The zero-order valence-electron chi connectivity index (χ0n) is 60.2. The minimum Gasteiger partial charge on any atom is -0.494 e. The molecule has 0 aliphatic carbocycles. The predicted octanol–water partition coefficient (Wildman–Crippen LogP) is 13.2. The van der Waals surface area contributed by atoms with Gasteiger partial charge in [0.2, 0.25) is 20.0 Å². The molecule has 6 aromatic carbocycles. The molecule has 4 N–H and O–H groups in total. The number of alkyl carbamates (subject to hydrolysis) is 1.